The van der Waals surface area contributed by atoms with Crippen molar-refractivity contribution in [1.29, 1.82) is 0 Å². The molecule has 0 amide bonds. The van der Waals surface area contributed by atoms with Crippen LogP contribution in [-0.2, 0) is 12.8 Å². The van der Waals surface area contributed by atoms with Crippen LogP contribution in [0.15, 0.2) is 6.07 Å². The van der Waals surface area contributed by atoms with Crippen molar-refractivity contribution in [3.63, 3.8) is 0 Å². The van der Waals surface area contributed by atoms with E-state index in [1.165, 1.54) is 75.5 Å². The summed E-state index contributed by atoms with van der Waals surface area (Å²) in [5.41, 5.74) is 4.65. The predicted octanol–water partition coefficient (Wildman–Crippen LogP) is 4.88. The van der Waals surface area contributed by atoms with E-state index in [2.05, 4.69) is 18.4 Å². The van der Waals surface area contributed by atoms with Crippen molar-refractivity contribution in [3.05, 3.63) is 21.4 Å². The fourth-order valence-electron chi connectivity index (χ4n) is 3.12. The van der Waals surface area contributed by atoms with Crippen LogP contribution in [0.25, 0.3) is 0 Å². The molecular weight excluding hydrogens is 264 g/mol. The van der Waals surface area contributed by atoms with Gasteiger partial charge in [-0.15, -0.1) is 11.3 Å². The van der Waals surface area contributed by atoms with E-state index >= 15 is 0 Å². The standard InChI is InChI=1S/C17H30N2S/c1-2-3-4-5-8-11-15(19-18)17-13-14-10-7-6-9-12-16(14)20-17/h13,15,19H,2-12,18H2,1H3. The van der Waals surface area contributed by atoms with Crippen molar-refractivity contribution in [2.24, 2.45) is 5.84 Å². The minimum absolute atomic E-state index is 0.369. The Morgan fingerprint density at radius 2 is 1.95 bits per heavy atom. The molecule has 3 N–H and O–H groups in total. The second kappa shape index (κ2) is 8.81. The van der Waals surface area contributed by atoms with Crippen LogP contribution in [0.2, 0.25) is 0 Å². The summed E-state index contributed by atoms with van der Waals surface area (Å²) in [6.07, 6.45) is 14.6. The second-order valence-electron chi connectivity index (χ2n) is 6.08. The number of thiophene rings is 1. The summed E-state index contributed by atoms with van der Waals surface area (Å²) < 4.78 is 0. The SMILES string of the molecule is CCCCCCCC(NN)c1cc2c(s1)CCCCC2. The fourth-order valence-corrected chi connectivity index (χ4v) is 4.47. The van der Waals surface area contributed by atoms with Crippen molar-refractivity contribution in [1.82, 2.24) is 5.43 Å². The fraction of sp³-hybridized carbons (Fsp3) is 0.765. The molecule has 2 nitrogen and oxygen atoms in total. The van der Waals surface area contributed by atoms with Gasteiger partial charge in [-0.05, 0) is 43.7 Å². The van der Waals surface area contributed by atoms with Gasteiger partial charge in [0.1, 0.15) is 0 Å². The summed E-state index contributed by atoms with van der Waals surface area (Å²) in [5, 5.41) is 0. The van der Waals surface area contributed by atoms with Gasteiger partial charge in [0.25, 0.3) is 0 Å². The number of aryl methyl sites for hydroxylation is 2. The third-order valence-electron chi connectivity index (χ3n) is 4.41. The average molecular weight is 295 g/mol. The van der Waals surface area contributed by atoms with Crippen LogP contribution in [0.1, 0.15) is 86.1 Å². The molecule has 0 saturated heterocycles. The normalized spacial score (nSPS) is 16.7. The number of nitrogens with one attached hydrogen (secondary N) is 1. The highest BCUT2D eigenvalue weighted by Gasteiger charge is 2.17. The van der Waals surface area contributed by atoms with Gasteiger partial charge in [0, 0.05) is 9.75 Å². The number of fused-ring (bicyclic) bond motifs is 1. The predicted molar refractivity (Wildman–Crippen MR) is 89.0 cm³/mol. The Bertz CT molecular complexity index is 363. The van der Waals surface area contributed by atoms with E-state index in [9.17, 15) is 0 Å². The molecule has 1 aromatic rings. The molecule has 2 rings (SSSR count). The smallest absolute Gasteiger partial charge is 0.0553 e. The molecule has 1 atom stereocenters. The van der Waals surface area contributed by atoms with Gasteiger partial charge in [0.2, 0.25) is 0 Å². The second-order valence-corrected chi connectivity index (χ2v) is 7.25. The van der Waals surface area contributed by atoms with Gasteiger partial charge >= 0.3 is 0 Å². The van der Waals surface area contributed by atoms with Crippen molar-refractivity contribution >= 4 is 11.3 Å². The summed E-state index contributed by atoms with van der Waals surface area (Å²) in [5.74, 6) is 5.79. The molecule has 0 aromatic carbocycles. The van der Waals surface area contributed by atoms with Crippen LogP contribution >= 0.6 is 11.3 Å². The number of hydrogen-bond acceptors (Lipinski definition) is 3. The lowest BCUT2D eigenvalue weighted by atomic mass is 10.0. The van der Waals surface area contributed by atoms with Gasteiger partial charge in [0.15, 0.2) is 0 Å². The van der Waals surface area contributed by atoms with E-state index in [1.807, 2.05) is 11.3 Å². The van der Waals surface area contributed by atoms with Gasteiger partial charge in [-0.1, -0.05) is 45.4 Å². The Balaban J connectivity index is 1.87. The molecule has 0 bridgehead atoms. The van der Waals surface area contributed by atoms with Crippen molar-refractivity contribution in [2.45, 2.75) is 83.6 Å². The lowest BCUT2D eigenvalue weighted by Gasteiger charge is -2.14. The van der Waals surface area contributed by atoms with Crippen LogP contribution in [0.3, 0.4) is 0 Å². The van der Waals surface area contributed by atoms with Crippen molar-refractivity contribution < 1.29 is 0 Å². The molecule has 0 aliphatic heterocycles. The quantitative estimate of drug-likeness (QED) is 0.310. The molecule has 3 heteroatoms. The molecule has 20 heavy (non-hydrogen) atoms. The maximum atomic E-state index is 5.79. The van der Waals surface area contributed by atoms with E-state index in [0.29, 0.717) is 6.04 Å². The molecule has 1 aliphatic rings. The number of unbranched alkanes of at least 4 members (excludes halogenated alkanes) is 4. The van der Waals surface area contributed by atoms with Crippen LogP contribution in [0, 0.1) is 0 Å². The highest BCUT2D eigenvalue weighted by molar-refractivity contribution is 7.12. The first-order valence-corrected chi connectivity index (χ1v) is 9.24. The Morgan fingerprint density at radius 3 is 2.75 bits per heavy atom. The minimum atomic E-state index is 0.369. The van der Waals surface area contributed by atoms with Gasteiger partial charge in [-0.25, -0.2) is 0 Å². The molecule has 114 valence electrons. The summed E-state index contributed by atoms with van der Waals surface area (Å²) in [4.78, 5) is 3.10. The molecule has 0 fully saturated rings. The van der Waals surface area contributed by atoms with Crippen LogP contribution in [-0.4, -0.2) is 0 Å². The van der Waals surface area contributed by atoms with Gasteiger partial charge in [-0.3, -0.25) is 11.3 Å². The summed E-state index contributed by atoms with van der Waals surface area (Å²) >= 11 is 2.01. The highest BCUT2D eigenvalue weighted by atomic mass is 32.1. The minimum Gasteiger partial charge on any atom is -0.271 e. The molecule has 0 radical (unpaired) electrons. The summed E-state index contributed by atoms with van der Waals surface area (Å²) in [6, 6.07) is 2.80. The zero-order valence-electron chi connectivity index (χ0n) is 12.9. The maximum Gasteiger partial charge on any atom is 0.0553 e. The Kier molecular flexibility index (Phi) is 7.05. The summed E-state index contributed by atoms with van der Waals surface area (Å²) in [7, 11) is 0. The first-order valence-electron chi connectivity index (χ1n) is 8.42. The van der Waals surface area contributed by atoms with E-state index in [-0.39, 0.29) is 0 Å². The first-order chi connectivity index (χ1) is 9.85. The van der Waals surface area contributed by atoms with E-state index < -0.39 is 0 Å². The molecule has 1 heterocycles. The monoisotopic (exact) mass is 294 g/mol. The van der Waals surface area contributed by atoms with Crippen molar-refractivity contribution in [2.75, 3.05) is 0 Å². The number of rotatable bonds is 8. The molecule has 0 saturated carbocycles. The number of hydrogen-bond donors (Lipinski definition) is 2. The largest absolute Gasteiger partial charge is 0.271 e. The lowest BCUT2D eigenvalue weighted by molar-refractivity contribution is 0.484. The van der Waals surface area contributed by atoms with Crippen LogP contribution < -0.4 is 11.3 Å². The van der Waals surface area contributed by atoms with Crippen LogP contribution in [0.4, 0.5) is 0 Å². The molecule has 0 spiro atoms. The molecule has 1 aromatic heterocycles. The molecule has 1 unspecified atom stereocenters. The zero-order valence-corrected chi connectivity index (χ0v) is 13.7. The van der Waals surface area contributed by atoms with Gasteiger partial charge < -0.3 is 0 Å². The van der Waals surface area contributed by atoms with E-state index in [1.54, 1.807) is 10.4 Å². The molecular formula is C17H30N2S. The van der Waals surface area contributed by atoms with Gasteiger partial charge in [-0.2, -0.15) is 0 Å². The first kappa shape index (κ1) is 16.0. The molecule has 1 aliphatic carbocycles. The highest BCUT2D eigenvalue weighted by Crippen LogP contribution is 2.33. The topological polar surface area (TPSA) is 38.0 Å². The third kappa shape index (κ3) is 4.57. The number of nitrogens with two attached hydrogens (primary N) is 1. The van der Waals surface area contributed by atoms with E-state index in [0.717, 1.165) is 0 Å². The van der Waals surface area contributed by atoms with Crippen LogP contribution in [0.5, 0.6) is 0 Å². The third-order valence-corrected chi connectivity index (χ3v) is 5.76. The Morgan fingerprint density at radius 1 is 1.15 bits per heavy atom. The Labute approximate surface area is 128 Å². The lowest BCUT2D eigenvalue weighted by Crippen LogP contribution is -2.27. The maximum absolute atomic E-state index is 5.79. The van der Waals surface area contributed by atoms with E-state index in [4.69, 9.17) is 5.84 Å². The van der Waals surface area contributed by atoms with Gasteiger partial charge in [0.05, 0.1) is 6.04 Å². The average Bonchev–Trinajstić information content (AvgIpc) is 2.73. The Hall–Kier alpha value is -0.380. The number of hydrazine groups is 1. The zero-order chi connectivity index (χ0) is 14.2. The van der Waals surface area contributed by atoms with Crippen molar-refractivity contribution in [3.8, 4) is 0 Å². The summed E-state index contributed by atoms with van der Waals surface area (Å²) in [6.45, 7) is 2.27.